The number of nitrogens with one attached hydrogen (secondary N) is 1. The molecule has 0 spiro atoms. The number of rotatable bonds is 13. The normalized spacial score (nSPS) is 13.9. The summed E-state index contributed by atoms with van der Waals surface area (Å²) in [5.41, 5.74) is 2.53. The quantitative estimate of drug-likeness (QED) is 0.143. The number of carbonyl (C=O) groups is 2. The van der Waals surface area contributed by atoms with Crippen LogP contribution in [0.3, 0.4) is 0 Å². The maximum Gasteiger partial charge on any atom is 0.269 e. The van der Waals surface area contributed by atoms with Crippen molar-refractivity contribution < 1.29 is 22.9 Å². The molecule has 1 fully saturated rings. The van der Waals surface area contributed by atoms with E-state index in [-0.39, 0.29) is 41.2 Å². The largest absolute Gasteiger partial charge is 0.352 e. The van der Waals surface area contributed by atoms with E-state index in [9.17, 15) is 28.1 Å². The Kier molecular flexibility index (Phi) is 10.7. The number of amides is 2. The molecule has 1 N–H and O–H groups in total. The number of nitro groups is 1. The second-order valence-corrected chi connectivity index (χ2v) is 13.7. The van der Waals surface area contributed by atoms with Crippen LogP contribution in [0.15, 0.2) is 114 Å². The van der Waals surface area contributed by atoms with Gasteiger partial charge in [0.25, 0.3) is 15.7 Å². The molecule has 4 aromatic carbocycles. The van der Waals surface area contributed by atoms with Crippen molar-refractivity contribution >= 4 is 33.2 Å². The zero-order valence-corrected chi connectivity index (χ0v) is 27.0. The van der Waals surface area contributed by atoms with Gasteiger partial charge in [0.15, 0.2) is 0 Å². The third-order valence-electron chi connectivity index (χ3n) is 8.40. The minimum absolute atomic E-state index is 0.00664. The molecule has 10 nitrogen and oxygen atoms in total. The molecule has 244 valence electrons. The molecule has 1 saturated carbocycles. The minimum Gasteiger partial charge on any atom is -0.352 e. The van der Waals surface area contributed by atoms with Gasteiger partial charge in [0.1, 0.15) is 12.6 Å². The van der Waals surface area contributed by atoms with Crippen LogP contribution in [0.4, 0.5) is 11.4 Å². The molecule has 0 aromatic heterocycles. The van der Waals surface area contributed by atoms with E-state index in [1.54, 1.807) is 18.2 Å². The molecule has 2 amide bonds. The van der Waals surface area contributed by atoms with Crippen LogP contribution in [-0.2, 0) is 32.6 Å². The Balaban J connectivity index is 1.56. The molecule has 0 unspecified atom stereocenters. The molecule has 47 heavy (non-hydrogen) atoms. The van der Waals surface area contributed by atoms with Gasteiger partial charge in [0, 0.05) is 31.1 Å². The standard InChI is InChI=1S/C36H38N4O6S/c1-27-16-18-29(19-17-27)25-38(34(24-28-10-4-2-5-11-28)36(42)37-30-12-8-9-13-30)35(41)26-39(31-20-22-32(23-21-31)40(43)44)47(45,46)33-14-6-3-7-15-33/h2-7,10-11,14-23,30,34H,8-9,12-13,24-26H2,1H3,(H,37,42)/t34-/m1/s1. The van der Waals surface area contributed by atoms with Crippen LogP contribution >= 0.6 is 0 Å². The fourth-order valence-corrected chi connectivity index (χ4v) is 7.24. The van der Waals surface area contributed by atoms with Crippen LogP contribution in [-0.4, -0.2) is 48.7 Å². The number of aryl methyl sites for hydroxylation is 1. The summed E-state index contributed by atoms with van der Waals surface area (Å²) >= 11 is 0. The van der Waals surface area contributed by atoms with E-state index in [0.717, 1.165) is 46.7 Å². The fourth-order valence-electron chi connectivity index (χ4n) is 5.80. The van der Waals surface area contributed by atoms with E-state index in [2.05, 4.69) is 5.32 Å². The van der Waals surface area contributed by atoms with Gasteiger partial charge in [0.05, 0.1) is 15.5 Å². The molecule has 0 heterocycles. The topological polar surface area (TPSA) is 130 Å². The summed E-state index contributed by atoms with van der Waals surface area (Å²) in [6.45, 7) is 1.38. The Labute approximate surface area is 275 Å². The van der Waals surface area contributed by atoms with Gasteiger partial charge in [-0.05, 0) is 55.2 Å². The summed E-state index contributed by atoms with van der Waals surface area (Å²) in [7, 11) is -4.30. The van der Waals surface area contributed by atoms with Crippen LogP contribution < -0.4 is 9.62 Å². The number of hydrogen-bond acceptors (Lipinski definition) is 6. The Hall–Kier alpha value is -5.03. The molecule has 4 aromatic rings. The highest BCUT2D eigenvalue weighted by Crippen LogP contribution is 2.27. The number of nitro benzene ring substituents is 1. The highest BCUT2D eigenvalue weighted by molar-refractivity contribution is 7.92. The molecular formula is C36H38N4O6S. The van der Waals surface area contributed by atoms with Crippen molar-refractivity contribution in [2.45, 2.75) is 62.6 Å². The Bertz CT molecular complexity index is 1780. The molecule has 0 radical (unpaired) electrons. The zero-order valence-electron chi connectivity index (χ0n) is 26.2. The van der Waals surface area contributed by atoms with E-state index in [1.807, 2.05) is 61.5 Å². The van der Waals surface area contributed by atoms with Crippen molar-refractivity contribution in [3.63, 3.8) is 0 Å². The van der Waals surface area contributed by atoms with Crippen molar-refractivity contribution in [2.75, 3.05) is 10.8 Å². The van der Waals surface area contributed by atoms with Crippen LogP contribution in [0.25, 0.3) is 0 Å². The molecule has 5 rings (SSSR count). The zero-order chi connectivity index (χ0) is 33.4. The summed E-state index contributed by atoms with van der Waals surface area (Å²) < 4.78 is 29.1. The van der Waals surface area contributed by atoms with E-state index < -0.39 is 33.4 Å². The van der Waals surface area contributed by atoms with E-state index >= 15 is 0 Å². The van der Waals surface area contributed by atoms with Crippen LogP contribution in [0.1, 0.15) is 42.4 Å². The lowest BCUT2D eigenvalue weighted by atomic mass is 10.0. The third kappa shape index (κ3) is 8.42. The number of non-ortho nitro benzene ring substituents is 1. The van der Waals surface area contributed by atoms with Crippen molar-refractivity contribution in [2.24, 2.45) is 0 Å². The molecule has 0 saturated heterocycles. The van der Waals surface area contributed by atoms with Gasteiger partial charge in [-0.1, -0.05) is 91.2 Å². The van der Waals surface area contributed by atoms with Gasteiger partial charge in [-0.15, -0.1) is 0 Å². The van der Waals surface area contributed by atoms with Crippen LogP contribution in [0.2, 0.25) is 0 Å². The lowest BCUT2D eigenvalue weighted by molar-refractivity contribution is -0.384. The van der Waals surface area contributed by atoms with Crippen molar-refractivity contribution in [3.8, 4) is 0 Å². The van der Waals surface area contributed by atoms with Crippen LogP contribution in [0.5, 0.6) is 0 Å². The molecule has 1 aliphatic rings. The molecule has 11 heteroatoms. The van der Waals surface area contributed by atoms with Gasteiger partial charge in [-0.2, -0.15) is 0 Å². The summed E-state index contributed by atoms with van der Waals surface area (Å²) in [6, 6.07) is 28.8. The molecular weight excluding hydrogens is 616 g/mol. The Morgan fingerprint density at radius 2 is 1.45 bits per heavy atom. The maximum absolute atomic E-state index is 14.6. The van der Waals surface area contributed by atoms with Gasteiger partial charge >= 0.3 is 0 Å². The summed E-state index contributed by atoms with van der Waals surface area (Å²) in [4.78, 5) is 40.8. The third-order valence-corrected chi connectivity index (χ3v) is 10.2. The highest BCUT2D eigenvalue weighted by atomic mass is 32.2. The van der Waals surface area contributed by atoms with Crippen molar-refractivity contribution in [3.05, 3.63) is 136 Å². The second-order valence-electron chi connectivity index (χ2n) is 11.8. The van der Waals surface area contributed by atoms with Crippen molar-refractivity contribution in [1.82, 2.24) is 10.2 Å². The highest BCUT2D eigenvalue weighted by Gasteiger charge is 2.35. The predicted octanol–water partition coefficient (Wildman–Crippen LogP) is 5.80. The lowest BCUT2D eigenvalue weighted by Crippen LogP contribution is -2.54. The van der Waals surface area contributed by atoms with E-state index in [4.69, 9.17) is 0 Å². The number of nitrogens with zero attached hydrogens (tertiary/aromatic N) is 3. The number of benzene rings is 4. The molecule has 1 aliphatic carbocycles. The van der Waals surface area contributed by atoms with Crippen molar-refractivity contribution in [1.29, 1.82) is 0 Å². The smallest absolute Gasteiger partial charge is 0.269 e. The molecule has 0 aliphatic heterocycles. The van der Waals surface area contributed by atoms with Gasteiger partial charge in [-0.3, -0.25) is 24.0 Å². The number of sulfonamides is 1. The molecule has 0 bridgehead atoms. The summed E-state index contributed by atoms with van der Waals surface area (Å²) in [5, 5.41) is 14.5. The fraction of sp³-hybridized carbons (Fsp3) is 0.278. The first-order chi connectivity index (χ1) is 22.6. The van der Waals surface area contributed by atoms with E-state index in [0.29, 0.717) is 0 Å². The maximum atomic E-state index is 14.6. The van der Waals surface area contributed by atoms with E-state index in [1.165, 1.54) is 41.3 Å². The Morgan fingerprint density at radius 1 is 0.851 bits per heavy atom. The number of hydrogen-bond donors (Lipinski definition) is 1. The summed E-state index contributed by atoms with van der Waals surface area (Å²) in [5.74, 6) is -0.889. The average Bonchev–Trinajstić information content (AvgIpc) is 3.60. The van der Waals surface area contributed by atoms with Crippen LogP contribution in [0, 0.1) is 17.0 Å². The predicted molar refractivity (Wildman–Crippen MR) is 180 cm³/mol. The first kappa shape index (κ1) is 33.3. The minimum atomic E-state index is -4.30. The van der Waals surface area contributed by atoms with Gasteiger partial charge < -0.3 is 10.2 Å². The monoisotopic (exact) mass is 654 g/mol. The number of carbonyl (C=O) groups excluding carboxylic acids is 2. The first-order valence-corrected chi connectivity index (χ1v) is 17.1. The van der Waals surface area contributed by atoms with Gasteiger partial charge in [0.2, 0.25) is 11.8 Å². The Morgan fingerprint density at radius 3 is 2.04 bits per heavy atom. The second kappa shape index (κ2) is 15.0. The average molecular weight is 655 g/mol. The lowest BCUT2D eigenvalue weighted by Gasteiger charge is -2.34. The molecule has 1 atom stereocenters. The summed E-state index contributed by atoms with van der Waals surface area (Å²) in [6.07, 6.45) is 3.97. The SMILES string of the molecule is Cc1ccc(CN(C(=O)CN(c2ccc([N+](=O)[O-])cc2)S(=O)(=O)c2ccccc2)[C@H](Cc2ccccc2)C(=O)NC2CCCC2)cc1. The first-order valence-electron chi connectivity index (χ1n) is 15.6. The number of anilines is 1. The van der Waals surface area contributed by atoms with Gasteiger partial charge in [-0.25, -0.2) is 8.42 Å².